The van der Waals surface area contributed by atoms with Crippen LogP contribution in [0.3, 0.4) is 0 Å². The van der Waals surface area contributed by atoms with Gasteiger partial charge in [-0.2, -0.15) is 10.2 Å². The number of benzene rings is 2. The summed E-state index contributed by atoms with van der Waals surface area (Å²) in [6.45, 7) is 0. The molecule has 1 aliphatic rings. The molecular weight excluding hydrogens is 349 g/mol. The van der Waals surface area contributed by atoms with Gasteiger partial charge in [-0.15, -0.1) is 0 Å². The van der Waals surface area contributed by atoms with E-state index in [1.165, 1.54) is 12.1 Å². The first-order valence-electron chi connectivity index (χ1n) is 8.22. The Morgan fingerprint density at radius 3 is 2.78 bits per heavy atom. The molecule has 1 unspecified atom stereocenters. The first kappa shape index (κ1) is 16.8. The number of nitrogens with one attached hydrogen (secondary N) is 1. The standard InChI is InChI=1S/C19H14FN5O2/c20-14-7-6-12(9-13(14)18(26)27)22-19-21-10-16-17(23-19)15(24-25-16)8-11-4-2-1-3-5-11/h1-7,9-10,15H,8H2,(H,26,27)(H,21,22,23). The summed E-state index contributed by atoms with van der Waals surface area (Å²) in [5, 5.41) is 20.3. The third kappa shape index (κ3) is 3.50. The number of carboxylic acids is 1. The maximum absolute atomic E-state index is 13.5. The van der Waals surface area contributed by atoms with Crippen LogP contribution in [0.25, 0.3) is 0 Å². The minimum Gasteiger partial charge on any atom is -0.478 e. The van der Waals surface area contributed by atoms with Crippen LogP contribution in [0.2, 0.25) is 0 Å². The topological polar surface area (TPSA) is 99.8 Å². The first-order valence-corrected chi connectivity index (χ1v) is 8.22. The highest BCUT2D eigenvalue weighted by atomic mass is 19.1. The minimum atomic E-state index is -1.34. The van der Waals surface area contributed by atoms with E-state index >= 15 is 0 Å². The zero-order chi connectivity index (χ0) is 18.8. The molecule has 0 saturated carbocycles. The molecule has 27 heavy (non-hydrogen) atoms. The molecule has 0 bridgehead atoms. The number of nitrogens with zero attached hydrogens (tertiary/aromatic N) is 4. The van der Waals surface area contributed by atoms with Crippen molar-refractivity contribution in [3.8, 4) is 0 Å². The number of halogens is 1. The van der Waals surface area contributed by atoms with Gasteiger partial charge in [0.1, 0.15) is 23.2 Å². The molecular formula is C19H14FN5O2. The first-order chi connectivity index (χ1) is 13.1. The second kappa shape index (κ2) is 6.91. The van der Waals surface area contributed by atoms with Crippen molar-refractivity contribution in [2.45, 2.75) is 12.5 Å². The fraction of sp³-hybridized carbons (Fsp3) is 0.105. The number of anilines is 2. The number of aromatic carboxylic acids is 1. The average molecular weight is 363 g/mol. The van der Waals surface area contributed by atoms with Gasteiger partial charge in [0.2, 0.25) is 5.95 Å². The highest BCUT2D eigenvalue weighted by Crippen LogP contribution is 2.36. The average Bonchev–Trinajstić information content (AvgIpc) is 3.06. The van der Waals surface area contributed by atoms with E-state index in [0.717, 1.165) is 11.6 Å². The van der Waals surface area contributed by atoms with Gasteiger partial charge in [-0.25, -0.2) is 19.2 Å². The Morgan fingerprint density at radius 1 is 1.19 bits per heavy atom. The molecule has 0 aliphatic carbocycles. The van der Waals surface area contributed by atoms with Crippen molar-refractivity contribution in [2.75, 3.05) is 5.32 Å². The van der Waals surface area contributed by atoms with Gasteiger partial charge in [0.05, 0.1) is 11.8 Å². The highest BCUT2D eigenvalue weighted by molar-refractivity contribution is 5.89. The third-order valence-corrected chi connectivity index (χ3v) is 4.14. The predicted molar refractivity (Wildman–Crippen MR) is 96.1 cm³/mol. The van der Waals surface area contributed by atoms with Gasteiger partial charge < -0.3 is 10.4 Å². The van der Waals surface area contributed by atoms with Crippen molar-refractivity contribution in [2.24, 2.45) is 10.2 Å². The fourth-order valence-electron chi connectivity index (χ4n) is 2.83. The molecule has 3 aromatic rings. The Balaban J connectivity index is 1.58. The summed E-state index contributed by atoms with van der Waals surface area (Å²) in [5.74, 6) is -1.88. The van der Waals surface area contributed by atoms with Gasteiger partial charge in [-0.05, 0) is 23.8 Å². The van der Waals surface area contributed by atoms with Gasteiger partial charge in [-0.3, -0.25) is 0 Å². The molecule has 2 aromatic carbocycles. The second-order valence-electron chi connectivity index (χ2n) is 6.01. The van der Waals surface area contributed by atoms with E-state index in [0.29, 0.717) is 23.5 Å². The van der Waals surface area contributed by atoms with Gasteiger partial charge in [0.15, 0.2) is 0 Å². The molecule has 4 rings (SSSR count). The van der Waals surface area contributed by atoms with Crippen LogP contribution in [0.1, 0.15) is 27.7 Å². The van der Waals surface area contributed by atoms with Gasteiger partial charge >= 0.3 is 5.97 Å². The SMILES string of the molecule is O=C(O)c1cc(Nc2ncc3c(n2)C(Cc2ccccc2)N=N3)ccc1F. The maximum atomic E-state index is 13.5. The van der Waals surface area contributed by atoms with E-state index in [9.17, 15) is 9.18 Å². The largest absolute Gasteiger partial charge is 0.478 e. The molecule has 0 spiro atoms. The molecule has 7 nitrogen and oxygen atoms in total. The smallest absolute Gasteiger partial charge is 0.338 e. The number of hydrogen-bond acceptors (Lipinski definition) is 6. The number of azo groups is 1. The van der Waals surface area contributed by atoms with Crippen molar-refractivity contribution in [1.82, 2.24) is 9.97 Å². The van der Waals surface area contributed by atoms with Crippen LogP contribution in [-0.4, -0.2) is 21.0 Å². The van der Waals surface area contributed by atoms with Crippen LogP contribution < -0.4 is 5.32 Å². The summed E-state index contributed by atoms with van der Waals surface area (Å²) >= 11 is 0. The monoisotopic (exact) mass is 363 g/mol. The molecule has 0 saturated heterocycles. The molecule has 1 aliphatic heterocycles. The summed E-state index contributed by atoms with van der Waals surface area (Å²) in [6, 6.07) is 13.4. The van der Waals surface area contributed by atoms with Gasteiger partial charge in [0.25, 0.3) is 0 Å². The Labute approximate surface area is 153 Å². The second-order valence-corrected chi connectivity index (χ2v) is 6.01. The quantitative estimate of drug-likeness (QED) is 0.698. The summed E-state index contributed by atoms with van der Waals surface area (Å²) in [5.41, 5.74) is 2.36. The van der Waals surface area contributed by atoms with Gasteiger partial charge in [0, 0.05) is 12.1 Å². The Bertz CT molecular complexity index is 1040. The third-order valence-electron chi connectivity index (χ3n) is 4.14. The molecule has 0 radical (unpaired) electrons. The summed E-state index contributed by atoms with van der Waals surface area (Å²) in [4.78, 5) is 19.7. The van der Waals surface area contributed by atoms with Crippen LogP contribution >= 0.6 is 0 Å². The number of fused-ring (bicyclic) bond motifs is 1. The number of hydrogen-bond donors (Lipinski definition) is 2. The maximum Gasteiger partial charge on any atom is 0.338 e. The summed E-state index contributed by atoms with van der Waals surface area (Å²) in [7, 11) is 0. The molecule has 0 fully saturated rings. The van der Waals surface area contributed by atoms with E-state index < -0.39 is 17.3 Å². The summed E-state index contributed by atoms with van der Waals surface area (Å²) < 4.78 is 13.5. The number of aromatic nitrogens is 2. The Morgan fingerprint density at radius 2 is 2.00 bits per heavy atom. The fourth-order valence-corrected chi connectivity index (χ4v) is 2.83. The van der Waals surface area contributed by atoms with E-state index in [4.69, 9.17) is 5.11 Å². The lowest BCUT2D eigenvalue weighted by atomic mass is 10.0. The number of carbonyl (C=O) groups is 1. The Hall–Kier alpha value is -3.68. The van der Waals surface area contributed by atoms with E-state index in [1.54, 1.807) is 6.20 Å². The van der Waals surface area contributed by atoms with Crippen molar-refractivity contribution in [3.63, 3.8) is 0 Å². The molecule has 8 heteroatoms. The Kier molecular flexibility index (Phi) is 4.29. The van der Waals surface area contributed by atoms with E-state index in [1.807, 2.05) is 30.3 Å². The number of carboxylic acid groups (broad SMARTS) is 1. The van der Waals surface area contributed by atoms with Crippen LogP contribution in [-0.2, 0) is 6.42 Å². The van der Waals surface area contributed by atoms with Crippen LogP contribution in [0.4, 0.5) is 21.7 Å². The summed E-state index contributed by atoms with van der Waals surface area (Å²) in [6.07, 6.45) is 2.22. The van der Waals surface area contributed by atoms with Crippen LogP contribution in [0, 0.1) is 5.82 Å². The van der Waals surface area contributed by atoms with Crippen molar-refractivity contribution in [1.29, 1.82) is 0 Å². The molecule has 1 aromatic heterocycles. The lowest BCUT2D eigenvalue weighted by Gasteiger charge is -2.10. The zero-order valence-corrected chi connectivity index (χ0v) is 14.0. The highest BCUT2D eigenvalue weighted by Gasteiger charge is 2.24. The van der Waals surface area contributed by atoms with Crippen LogP contribution in [0.5, 0.6) is 0 Å². The predicted octanol–water partition coefficient (Wildman–Crippen LogP) is 4.44. The lowest BCUT2D eigenvalue weighted by molar-refractivity contribution is 0.0692. The zero-order valence-electron chi connectivity index (χ0n) is 14.0. The molecule has 134 valence electrons. The van der Waals surface area contributed by atoms with E-state index in [2.05, 4.69) is 25.5 Å². The van der Waals surface area contributed by atoms with Crippen molar-refractivity contribution < 1.29 is 14.3 Å². The molecule has 2 heterocycles. The molecule has 2 N–H and O–H groups in total. The number of rotatable bonds is 5. The molecule has 1 atom stereocenters. The van der Waals surface area contributed by atoms with E-state index in [-0.39, 0.29) is 12.0 Å². The lowest BCUT2D eigenvalue weighted by Crippen LogP contribution is -2.05. The molecule has 0 amide bonds. The minimum absolute atomic E-state index is 0.214. The van der Waals surface area contributed by atoms with Crippen molar-refractivity contribution >= 4 is 23.3 Å². The van der Waals surface area contributed by atoms with Crippen LogP contribution in [0.15, 0.2) is 65.0 Å². The normalized spacial score (nSPS) is 14.8. The van der Waals surface area contributed by atoms with Crippen molar-refractivity contribution in [3.05, 3.63) is 77.4 Å². The van der Waals surface area contributed by atoms with Gasteiger partial charge in [-0.1, -0.05) is 30.3 Å².